The van der Waals surface area contributed by atoms with Crippen LogP contribution >= 0.6 is 11.6 Å². The maximum absolute atomic E-state index is 13.0. The van der Waals surface area contributed by atoms with Crippen LogP contribution in [0.1, 0.15) is 16.7 Å². The predicted molar refractivity (Wildman–Crippen MR) is 78.4 cm³/mol. The molecule has 0 aromatic heterocycles. The number of alkyl halides is 3. The minimum Gasteiger partial charge on any atom is -0.478 e. The first-order valence-corrected chi connectivity index (χ1v) is 6.54. The van der Waals surface area contributed by atoms with E-state index in [1.165, 1.54) is 42.5 Å². The summed E-state index contributed by atoms with van der Waals surface area (Å²) in [7, 11) is 0. The average Bonchev–Trinajstić information content (AvgIpc) is 2.45. The van der Waals surface area contributed by atoms with E-state index in [-0.39, 0.29) is 16.7 Å². The van der Waals surface area contributed by atoms with Crippen molar-refractivity contribution in [3.63, 3.8) is 0 Å². The highest BCUT2D eigenvalue weighted by atomic mass is 35.5. The van der Waals surface area contributed by atoms with Gasteiger partial charge in [-0.05, 0) is 35.4 Å². The summed E-state index contributed by atoms with van der Waals surface area (Å²) < 4.78 is 38.9. The number of benzene rings is 2. The van der Waals surface area contributed by atoms with Crippen molar-refractivity contribution >= 4 is 29.2 Å². The van der Waals surface area contributed by atoms with E-state index in [2.05, 4.69) is 0 Å². The molecule has 0 aliphatic heterocycles. The summed E-state index contributed by atoms with van der Waals surface area (Å²) >= 11 is 5.73. The molecule has 1 N–H and O–H groups in total. The zero-order valence-electron chi connectivity index (χ0n) is 11.1. The molecular formula is C16H10ClF3O2. The zero-order valence-corrected chi connectivity index (χ0v) is 11.8. The lowest BCUT2D eigenvalue weighted by atomic mass is 10.00. The van der Waals surface area contributed by atoms with Gasteiger partial charge < -0.3 is 5.11 Å². The van der Waals surface area contributed by atoms with Crippen LogP contribution in [0.5, 0.6) is 0 Å². The van der Waals surface area contributed by atoms with E-state index in [0.29, 0.717) is 5.02 Å². The fourth-order valence-electron chi connectivity index (χ4n) is 1.93. The number of halogens is 4. The number of carboxylic acids is 1. The smallest absolute Gasteiger partial charge is 0.416 e. The first-order valence-electron chi connectivity index (χ1n) is 6.16. The zero-order chi connectivity index (χ0) is 16.3. The Morgan fingerprint density at radius 2 is 1.64 bits per heavy atom. The van der Waals surface area contributed by atoms with Crippen molar-refractivity contribution in [1.29, 1.82) is 0 Å². The van der Waals surface area contributed by atoms with Crippen LogP contribution in [-0.2, 0) is 11.0 Å². The maximum Gasteiger partial charge on any atom is 0.416 e. The minimum atomic E-state index is -4.56. The number of carbonyl (C=O) groups is 1. The average molecular weight is 327 g/mol. The molecule has 0 saturated carbocycles. The van der Waals surface area contributed by atoms with Crippen molar-refractivity contribution < 1.29 is 23.1 Å². The minimum absolute atomic E-state index is 0.206. The summed E-state index contributed by atoms with van der Waals surface area (Å²) in [5.41, 5.74) is -1.06. The van der Waals surface area contributed by atoms with Crippen molar-refractivity contribution in [2.45, 2.75) is 6.18 Å². The van der Waals surface area contributed by atoms with Gasteiger partial charge in [0.1, 0.15) is 0 Å². The summed E-state index contributed by atoms with van der Waals surface area (Å²) in [6, 6.07) is 10.6. The van der Waals surface area contributed by atoms with E-state index in [4.69, 9.17) is 11.6 Å². The molecule has 0 atom stereocenters. The highest BCUT2D eigenvalue weighted by Gasteiger charge is 2.32. The Bertz CT molecular complexity index is 719. The second-order valence-corrected chi connectivity index (χ2v) is 4.89. The first kappa shape index (κ1) is 16.1. The third-order valence-corrected chi connectivity index (χ3v) is 3.20. The van der Waals surface area contributed by atoms with E-state index in [0.717, 1.165) is 12.1 Å². The lowest BCUT2D eigenvalue weighted by molar-refractivity contribution is -0.137. The van der Waals surface area contributed by atoms with Gasteiger partial charge in [-0.15, -0.1) is 0 Å². The van der Waals surface area contributed by atoms with E-state index < -0.39 is 17.7 Å². The van der Waals surface area contributed by atoms with Gasteiger partial charge >= 0.3 is 12.1 Å². The fourth-order valence-corrected chi connectivity index (χ4v) is 2.06. The van der Waals surface area contributed by atoms with Gasteiger partial charge in [0.2, 0.25) is 0 Å². The second kappa shape index (κ2) is 6.23. The van der Waals surface area contributed by atoms with Gasteiger partial charge in [0.25, 0.3) is 0 Å². The topological polar surface area (TPSA) is 37.3 Å². The number of rotatable bonds is 3. The van der Waals surface area contributed by atoms with Gasteiger partial charge in [-0.3, -0.25) is 0 Å². The molecule has 0 amide bonds. The molecule has 114 valence electrons. The molecule has 0 aliphatic rings. The molecule has 2 aromatic carbocycles. The summed E-state index contributed by atoms with van der Waals surface area (Å²) in [6.45, 7) is 0. The maximum atomic E-state index is 13.0. The summed E-state index contributed by atoms with van der Waals surface area (Å²) in [5, 5.41) is 9.68. The van der Waals surface area contributed by atoms with Crippen LogP contribution in [-0.4, -0.2) is 11.1 Å². The lowest BCUT2D eigenvalue weighted by Crippen LogP contribution is -2.08. The molecule has 0 saturated heterocycles. The Kier molecular flexibility index (Phi) is 4.56. The van der Waals surface area contributed by atoms with Crippen LogP contribution in [0.25, 0.3) is 11.6 Å². The second-order valence-electron chi connectivity index (χ2n) is 4.46. The normalized spacial score (nSPS) is 12.3. The van der Waals surface area contributed by atoms with Crippen LogP contribution < -0.4 is 0 Å². The summed E-state index contributed by atoms with van der Waals surface area (Å²) in [4.78, 5) is 11.4. The van der Waals surface area contributed by atoms with E-state index in [1.54, 1.807) is 0 Å². The standard InChI is InChI=1S/C16H10ClF3O2/c17-12-7-5-10(6-8-12)13(15(21)22)9-11-3-1-2-4-14(11)16(18,19)20/h1-9H,(H,21,22)/b13-9-. The molecule has 0 aliphatic carbocycles. The van der Waals surface area contributed by atoms with Crippen molar-refractivity contribution in [3.8, 4) is 0 Å². The largest absolute Gasteiger partial charge is 0.478 e. The third-order valence-electron chi connectivity index (χ3n) is 2.95. The number of hydrogen-bond acceptors (Lipinski definition) is 1. The molecule has 0 unspecified atom stereocenters. The van der Waals surface area contributed by atoms with Crippen molar-refractivity contribution in [3.05, 3.63) is 70.2 Å². The Balaban J connectivity index is 2.57. The molecule has 6 heteroatoms. The molecule has 0 radical (unpaired) electrons. The van der Waals surface area contributed by atoms with Crippen molar-refractivity contribution in [2.75, 3.05) is 0 Å². The monoisotopic (exact) mass is 326 g/mol. The highest BCUT2D eigenvalue weighted by molar-refractivity contribution is 6.30. The molecule has 2 nitrogen and oxygen atoms in total. The number of carboxylic acid groups (broad SMARTS) is 1. The van der Waals surface area contributed by atoms with Crippen LogP contribution in [0.3, 0.4) is 0 Å². The van der Waals surface area contributed by atoms with Crippen LogP contribution in [0.4, 0.5) is 13.2 Å². The van der Waals surface area contributed by atoms with Gasteiger partial charge in [0.05, 0.1) is 11.1 Å². The molecule has 0 fully saturated rings. The molecule has 2 rings (SSSR count). The molecule has 0 heterocycles. The molecule has 2 aromatic rings. The van der Waals surface area contributed by atoms with Gasteiger partial charge in [-0.25, -0.2) is 4.79 Å². The van der Waals surface area contributed by atoms with E-state index in [9.17, 15) is 23.1 Å². The number of hydrogen-bond donors (Lipinski definition) is 1. The van der Waals surface area contributed by atoms with E-state index in [1.807, 2.05) is 0 Å². The predicted octanol–water partition coefficient (Wildman–Crippen LogP) is 4.98. The quantitative estimate of drug-likeness (QED) is 0.637. The number of aliphatic carboxylic acids is 1. The Morgan fingerprint density at radius 3 is 2.18 bits per heavy atom. The highest BCUT2D eigenvalue weighted by Crippen LogP contribution is 2.33. The van der Waals surface area contributed by atoms with Gasteiger partial charge in [-0.2, -0.15) is 13.2 Å². The summed E-state index contributed by atoms with van der Waals surface area (Å²) in [5.74, 6) is -1.32. The van der Waals surface area contributed by atoms with Gasteiger partial charge in [-0.1, -0.05) is 41.9 Å². The van der Waals surface area contributed by atoms with Crippen LogP contribution in [0.15, 0.2) is 48.5 Å². The Morgan fingerprint density at radius 1 is 1.05 bits per heavy atom. The fraction of sp³-hybridized carbons (Fsp3) is 0.0625. The SMILES string of the molecule is O=C(O)/C(=C\c1ccccc1C(F)(F)F)c1ccc(Cl)cc1. The van der Waals surface area contributed by atoms with Crippen molar-refractivity contribution in [2.24, 2.45) is 0 Å². The summed E-state index contributed by atoms with van der Waals surface area (Å²) in [6.07, 6.45) is -3.55. The van der Waals surface area contributed by atoms with Gasteiger partial charge in [0.15, 0.2) is 0 Å². The lowest BCUT2D eigenvalue weighted by Gasteiger charge is -2.11. The molecule has 22 heavy (non-hydrogen) atoms. The molecule has 0 bridgehead atoms. The van der Waals surface area contributed by atoms with Crippen molar-refractivity contribution in [1.82, 2.24) is 0 Å². The van der Waals surface area contributed by atoms with E-state index >= 15 is 0 Å². The Labute approximate surface area is 129 Å². The molecule has 0 spiro atoms. The third kappa shape index (κ3) is 3.68. The Hall–Kier alpha value is -2.27. The first-order chi connectivity index (χ1) is 10.3. The van der Waals surface area contributed by atoms with Crippen LogP contribution in [0.2, 0.25) is 5.02 Å². The molecular weight excluding hydrogens is 317 g/mol. The van der Waals surface area contributed by atoms with Crippen LogP contribution in [0, 0.1) is 0 Å². The van der Waals surface area contributed by atoms with Gasteiger partial charge in [0, 0.05) is 5.02 Å².